The van der Waals surface area contributed by atoms with Crippen molar-refractivity contribution in [2.75, 3.05) is 0 Å². The zero-order chi connectivity index (χ0) is 8.72. The van der Waals surface area contributed by atoms with Gasteiger partial charge in [-0.3, -0.25) is 0 Å². The van der Waals surface area contributed by atoms with E-state index in [0.717, 1.165) is 0 Å². The third kappa shape index (κ3) is 1.06. The fraction of sp³-hybridized carbons (Fsp3) is 0.143. The van der Waals surface area contributed by atoms with Gasteiger partial charge in [-0.05, 0) is 6.07 Å². The molecule has 0 saturated carbocycles. The number of ether oxygens (including phenoxy) is 1. The molecular weight excluding hydrogens is 201 g/mol. The normalized spacial score (nSPS) is 14.3. The topological polar surface area (TPSA) is 39.2 Å². The smallest absolute Gasteiger partial charge is 0.342 e. The van der Waals surface area contributed by atoms with E-state index in [0.29, 0.717) is 11.1 Å². The van der Waals surface area contributed by atoms with Gasteiger partial charge in [0.2, 0.25) is 0 Å². The van der Waals surface area contributed by atoms with Gasteiger partial charge in [0.25, 0.3) is 0 Å². The van der Waals surface area contributed by atoms with Crippen LogP contribution in [-0.4, -0.2) is 11.0 Å². The average Bonchev–Trinajstić information content (AvgIpc) is 2.31. The van der Waals surface area contributed by atoms with Crippen LogP contribution in [0.4, 0.5) is 0 Å². The summed E-state index contributed by atoms with van der Waals surface area (Å²) in [4.78, 5) is 14.7. The predicted octanol–water partition coefficient (Wildman–Crippen LogP) is 2.06. The minimum absolute atomic E-state index is 0.111. The molecule has 5 heteroatoms. The number of nitrogens with zero attached hydrogens (tertiary/aromatic N) is 1. The van der Waals surface area contributed by atoms with E-state index in [4.69, 9.17) is 27.9 Å². The fourth-order valence-electron chi connectivity index (χ4n) is 1.07. The highest BCUT2D eigenvalue weighted by Gasteiger charge is 2.25. The zero-order valence-corrected chi connectivity index (χ0v) is 7.32. The van der Waals surface area contributed by atoms with Crippen molar-refractivity contribution in [2.45, 2.75) is 6.61 Å². The molecule has 0 aliphatic carbocycles. The van der Waals surface area contributed by atoms with Crippen LogP contribution in [0.25, 0.3) is 0 Å². The van der Waals surface area contributed by atoms with Gasteiger partial charge in [-0.25, -0.2) is 9.78 Å². The molecule has 0 saturated heterocycles. The molecule has 0 atom stereocenters. The first kappa shape index (κ1) is 7.83. The maximum absolute atomic E-state index is 11.0. The molecule has 0 radical (unpaired) electrons. The van der Waals surface area contributed by atoms with Crippen molar-refractivity contribution in [3.63, 3.8) is 0 Å². The van der Waals surface area contributed by atoms with Crippen LogP contribution >= 0.6 is 23.2 Å². The van der Waals surface area contributed by atoms with Gasteiger partial charge in [0.05, 0.1) is 0 Å². The van der Waals surface area contributed by atoms with Crippen molar-refractivity contribution >= 4 is 29.2 Å². The van der Waals surface area contributed by atoms with Crippen molar-refractivity contribution < 1.29 is 9.53 Å². The summed E-state index contributed by atoms with van der Waals surface area (Å²) in [6, 6.07) is 1.58. The summed E-state index contributed by atoms with van der Waals surface area (Å²) in [5.41, 5.74) is 1.03. The summed E-state index contributed by atoms with van der Waals surface area (Å²) in [5, 5.41) is 0.386. The molecule has 0 fully saturated rings. The summed E-state index contributed by atoms with van der Waals surface area (Å²) in [6.45, 7) is 0.232. The molecule has 3 nitrogen and oxygen atoms in total. The van der Waals surface area contributed by atoms with E-state index in [1.54, 1.807) is 6.07 Å². The number of pyridine rings is 1. The standard InChI is InChI=1S/C7H3Cl2NO2/c8-4-1-3-2-12-7(11)5(3)6(9)10-4/h1H,2H2. The Kier molecular flexibility index (Phi) is 1.70. The van der Waals surface area contributed by atoms with Crippen molar-refractivity contribution in [1.29, 1.82) is 0 Å². The second-order valence-electron chi connectivity index (χ2n) is 2.35. The Labute approximate surface area is 78.3 Å². The van der Waals surface area contributed by atoms with Gasteiger partial charge in [-0.15, -0.1) is 0 Å². The maximum atomic E-state index is 11.0. The number of fused-ring (bicyclic) bond motifs is 1. The lowest BCUT2D eigenvalue weighted by Crippen LogP contribution is -1.96. The Morgan fingerprint density at radius 2 is 2.25 bits per heavy atom. The Bertz CT molecular complexity index is 365. The summed E-state index contributed by atoms with van der Waals surface area (Å²) in [5.74, 6) is -0.431. The van der Waals surface area contributed by atoms with Gasteiger partial charge in [-0.1, -0.05) is 23.2 Å². The molecule has 0 bridgehead atoms. The van der Waals surface area contributed by atoms with E-state index in [-0.39, 0.29) is 16.9 Å². The SMILES string of the molecule is O=C1OCc2cc(Cl)nc(Cl)c21. The number of rotatable bonds is 0. The molecule has 1 aliphatic rings. The number of aromatic nitrogens is 1. The molecule has 2 rings (SSSR count). The van der Waals surface area contributed by atoms with Gasteiger partial charge < -0.3 is 4.74 Å². The second-order valence-corrected chi connectivity index (χ2v) is 3.09. The van der Waals surface area contributed by atoms with Gasteiger partial charge in [-0.2, -0.15) is 0 Å². The number of hydrogen-bond acceptors (Lipinski definition) is 3. The van der Waals surface area contributed by atoms with E-state index in [1.165, 1.54) is 0 Å². The molecule has 0 unspecified atom stereocenters. The molecule has 1 aromatic heterocycles. The first-order valence-electron chi connectivity index (χ1n) is 3.20. The Morgan fingerprint density at radius 1 is 1.50 bits per heavy atom. The number of halogens is 2. The van der Waals surface area contributed by atoms with Crippen LogP contribution in [-0.2, 0) is 11.3 Å². The average molecular weight is 204 g/mol. The number of hydrogen-bond donors (Lipinski definition) is 0. The van der Waals surface area contributed by atoms with Gasteiger partial charge >= 0.3 is 5.97 Å². The first-order chi connectivity index (χ1) is 5.68. The summed E-state index contributed by atoms with van der Waals surface area (Å²) >= 11 is 11.3. The highest BCUT2D eigenvalue weighted by Crippen LogP contribution is 2.27. The van der Waals surface area contributed by atoms with Crippen LogP contribution in [0.15, 0.2) is 6.07 Å². The van der Waals surface area contributed by atoms with Crippen LogP contribution < -0.4 is 0 Å². The van der Waals surface area contributed by atoms with Crippen LogP contribution in [0.2, 0.25) is 10.3 Å². The summed E-state index contributed by atoms with van der Waals surface area (Å²) in [6.07, 6.45) is 0. The van der Waals surface area contributed by atoms with E-state index in [1.807, 2.05) is 0 Å². The Morgan fingerprint density at radius 3 is 3.00 bits per heavy atom. The number of carbonyl (C=O) groups is 1. The molecule has 12 heavy (non-hydrogen) atoms. The predicted molar refractivity (Wildman–Crippen MR) is 43.4 cm³/mol. The van der Waals surface area contributed by atoms with Crippen molar-refractivity contribution in [3.05, 3.63) is 27.5 Å². The molecule has 62 valence electrons. The van der Waals surface area contributed by atoms with E-state index in [2.05, 4.69) is 4.98 Å². The lowest BCUT2D eigenvalue weighted by atomic mass is 10.2. The highest BCUT2D eigenvalue weighted by molar-refractivity contribution is 6.34. The van der Waals surface area contributed by atoms with Crippen LogP contribution in [0.3, 0.4) is 0 Å². The summed E-state index contributed by atoms with van der Waals surface area (Å²) in [7, 11) is 0. The minimum Gasteiger partial charge on any atom is -0.457 e. The fourth-order valence-corrected chi connectivity index (χ4v) is 1.62. The lowest BCUT2D eigenvalue weighted by Gasteiger charge is -1.96. The van der Waals surface area contributed by atoms with Crippen molar-refractivity contribution in [3.8, 4) is 0 Å². The van der Waals surface area contributed by atoms with Crippen LogP contribution in [0, 0.1) is 0 Å². The third-order valence-electron chi connectivity index (χ3n) is 1.59. The third-order valence-corrected chi connectivity index (χ3v) is 2.06. The second kappa shape index (κ2) is 2.61. The Balaban J connectivity index is 2.68. The Hall–Kier alpha value is -0.800. The molecule has 0 aromatic carbocycles. The van der Waals surface area contributed by atoms with Crippen LogP contribution in [0.5, 0.6) is 0 Å². The minimum atomic E-state index is -0.431. The quantitative estimate of drug-likeness (QED) is 0.479. The number of cyclic esters (lactones) is 1. The van der Waals surface area contributed by atoms with Gasteiger partial charge in [0, 0.05) is 5.56 Å². The molecule has 0 N–H and O–H groups in total. The zero-order valence-electron chi connectivity index (χ0n) is 5.80. The van der Waals surface area contributed by atoms with Gasteiger partial charge in [0.15, 0.2) is 0 Å². The lowest BCUT2D eigenvalue weighted by molar-refractivity contribution is 0.0535. The largest absolute Gasteiger partial charge is 0.457 e. The highest BCUT2D eigenvalue weighted by atomic mass is 35.5. The monoisotopic (exact) mass is 203 g/mol. The molecule has 2 heterocycles. The van der Waals surface area contributed by atoms with E-state index >= 15 is 0 Å². The molecule has 1 aromatic rings. The van der Waals surface area contributed by atoms with Gasteiger partial charge in [0.1, 0.15) is 22.5 Å². The van der Waals surface area contributed by atoms with Crippen LogP contribution in [0.1, 0.15) is 15.9 Å². The van der Waals surface area contributed by atoms with E-state index in [9.17, 15) is 4.79 Å². The maximum Gasteiger partial charge on any atom is 0.342 e. The number of carbonyl (C=O) groups excluding carboxylic acids is 1. The first-order valence-corrected chi connectivity index (χ1v) is 3.96. The molecule has 0 amide bonds. The molecular formula is C7H3Cl2NO2. The molecule has 1 aliphatic heterocycles. The molecule has 0 spiro atoms. The van der Waals surface area contributed by atoms with E-state index < -0.39 is 5.97 Å². The van der Waals surface area contributed by atoms with Crippen molar-refractivity contribution in [2.24, 2.45) is 0 Å². The summed E-state index contributed by atoms with van der Waals surface area (Å²) < 4.78 is 4.74. The number of esters is 1. The van der Waals surface area contributed by atoms with Crippen molar-refractivity contribution in [1.82, 2.24) is 4.98 Å².